The Bertz CT molecular complexity index is 368. The zero-order valence-corrected chi connectivity index (χ0v) is 10.8. The molecule has 0 spiro atoms. The van der Waals surface area contributed by atoms with Crippen LogP contribution in [0.15, 0.2) is 18.2 Å². The minimum atomic E-state index is -0.861. The Morgan fingerprint density at radius 3 is 2.67 bits per heavy atom. The van der Waals surface area contributed by atoms with Gasteiger partial charge in [0.1, 0.15) is 4.83 Å². The molecule has 2 nitrogen and oxygen atoms in total. The van der Waals surface area contributed by atoms with Crippen LogP contribution in [0.5, 0.6) is 0 Å². The summed E-state index contributed by atoms with van der Waals surface area (Å²) in [6, 6.07) is 5.21. The molecule has 0 aliphatic heterocycles. The van der Waals surface area contributed by atoms with E-state index in [-0.39, 0.29) is 0 Å². The van der Waals surface area contributed by atoms with Gasteiger partial charge in [0.05, 0.1) is 0 Å². The Labute approximate surface area is 106 Å². The van der Waals surface area contributed by atoms with E-state index in [0.29, 0.717) is 22.9 Å². The quantitative estimate of drug-likeness (QED) is 0.859. The van der Waals surface area contributed by atoms with Crippen LogP contribution in [0.25, 0.3) is 0 Å². The number of hydrogen-bond donors (Lipinski definition) is 1. The van der Waals surface area contributed by atoms with Crippen molar-refractivity contribution in [2.24, 2.45) is 0 Å². The molecule has 0 bridgehead atoms. The molecule has 1 aromatic carbocycles. The number of carbonyl (C=O) groups is 1. The number of alkyl halides is 1. The van der Waals surface area contributed by atoms with Crippen LogP contribution in [-0.4, -0.2) is 15.9 Å². The van der Waals surface area contributed by atoms with E-state index in [4.69, 9.17) is 28.3 Å². The lowest BCUT2D eigenvalue weighted by Gasteiger charge is -2.06. The number of halogens is 3. The molecule has 1 aromatic rings. The Balaban J connectivity index is 2.62. The summed E-state index contributed by atoms with van der Waals surface area (Å²) in [5.74, 6) is -0.861. The molecule has 0 saturated carbocycles. The molecule has 1 unspecified atom stereocenters. The van der Waals surface area contributed by atoms with Crippen molar-refractivity contribution in [3.05, 3.63) is 33.8 Å². The van der Waals surface area contributed by atoms with Gasteiger partial charge in [-0.1, -0.05) is 45.2 Å². The number of hydrogen-bond acceptors (Lipinski definition) is 1. The smallest absolute Gasteiger partial charge is 0.317 e. The topological polar surface area (TPSA) is 37.3 Å². The molecule has 0 aromatic heterocycles. The van der Waals surface area contributed by atoms with Crippen molar-refractivity contribution in [3.8, 4) is 0 Å². The molecule has 0 aliphatic rings. The van der Waals surface area contributed by atoms with Gasteiger partial charge in [-0.15, -0.1) is 0 Å². The van der Waals surface area contributed by atoms with E-state index >= 15 is 0 Å². The highest BCUT2D eigenvalue weighted by Gasteiger charge is 2.13. The van der Waals surface area contributed by atoms with Crippen LogP contribution in [0.4, 0.5) is 0 Å². The zero-order valence-electron chi connectivity index (χ0n) is 7.71. The maximum Gasteiger partial charge on any atom is 0.317 e. The highest BCUT2D eigenvalue weighted by molar-refractivity contribution is 9.10. The SMILES string of the molecule is O=C(O)C(Br)CCc1ccc(Cl)cc1Cl. The average Bonchev–Trinajstić information content (AvgIpc) is 2.15. The number of carboxylic acid groups (broad SMARTS) is 1. The number of aryl methyl sites for hydroxylation is 1. The second kappa shape index (κ2) is 5.73. The van der Waals surface area contributed by atoms with Crippen LogP contribution < -0.4 is 0 Å². The summed E-state index contributed by atoms with van der Waals surface area (Å²) >= 11 is 14.8. The van der Waals surface area contributed by atoms with Crippen molar-refractivity contribution in [1.29, 1.82) is 0 Å². The monoisotopic (exact) mass is 310 g/mol. The summed E-state index contributed by atoms with van der Waals surface area (Å²) in [6.45, 7) is 0. The Morgan fingerprint density at radius 1 is 1.47 bits per heavy atom. The third-order valence-corrected chi connectivity index (χ3v) is 3.39. The van der Waals surface area contributed by atoms with Crippen molar-refractivity contribution < 1.29 is 9.90 Å². The van der Waals surface area contributed by atoms with Crippen LogP contribution in [0, 0.1) is 0 Å². The second-order valence-corrected chi connectivity index (χ2v) is 5.03. The van der Waals surface area contributed by atoms with Gasteiger partial charge >= 0.3 is 5.97 Å². The number of aliphatic carboxylic acids is 1. The molecule has 1 N–H and O–H groups in total. The fraction of sp³-hybridized carbons (Fsp3) is 0.300. The zero-order chi connectivity index (χ0) is 11.4. The molecule has 1 rings (SSSR count). The van der Waals surface area contributed by atoms with Gasteiger partial charge in [-0.05, 0) is 30.5 Å². The predicted octanol–water partition coefficient (Wildman–Crippen LogP) is 3.77. The molecule has 0 saturated heterocycles. The third kappa shape index (κ3) is 4.01. The standard InChI is InChI=1S/C10H9BrCl2O2/c11-8(10(14)15)4-2-6-1-3-7(12)5-9(6)13/h1,3,5,8H,2,4H2,(H,14,15). The molecular formula is C10H9BrCl2O2. The molecule has 82 valence electrons. The van der Waals surface area contributed by atoms with Gasteiger partial charge in [-0.25, -0.2) is 0 Å². The van der Waals surface area contributed by atoms with Gasteiger partial charge in [0.15, 0.2) is 0 Å². The minimum Gasteiger partial charge on any atom is -0.480 e. The molecule has 0 amide bonds. The average molecular weight is 312 g/mol. The molecule has 0 fully saturated rings. The van der Waals surface area contributed by atoms with E-state index in [1.165, 1.54) is 0 Å². The summed E-state index contributed by atoms with van der Waals surface area (Å²) in [4.78, 5) is 10.0. The molecule has 15 heavy (non-hydrogen) atoms. The predicted molar refractivity (Wildman–Crippen MR) is 65.1 cm³/mol. The fourth-order valence-electron chi connectivity index (χ4n) is 1.13. The van der Waals surface area contributed by atoms with Crippen LogP contribution in [0.1, 0.15) is 12.0 Å². The summed E-state index contributed by atoms with van der Waals surface area (Å²) in [5, 5.41) is 9.83. The van der Waals surface area contributed by atoms with Crippen molar-refractivity contribution in [1.82, 2.24) is 0 Å². The van der Waals surface area contributed by atoms with E-state index in [2.05, 4.69) is 15.9 Å². The molecule has 0 heterocycles. The number of benzene rings is 1. The van der Waals surface area contributed by atoms with Gasteiger partial charge in [0.25, 0.3) is 0 Å². The highest BCUT2D eigenvalue weighted by atomic mass is 79.9. The molecule has 0 aliphatic carbocycles. The second-order valence-electron chi connectivity index (χ2n) is 3.08. The summed E-state index contributed by atoms with van der Waals surface area (Å²) in [5.41, 5.74) is 0.909. The van der Waals surface area contributed by atoms with Crippen LogP contribution >= 0.6 is 39.1 Å². The van der Waals surface area contributed by atoms with Crippen LogP contribution in [0.3, 0.4) is 0 Å². The lowest BCUT2D eigenvalue weighted by atomic mass is 10.1. The fourth-order valence-corrected chi connectivity index (χ4v) is 1.86. The van der Waals surface area contributed by atoms with Gasteiger partial charge in [-0.3, -0.25) is 4.79 Å². The van der Waals surface area contributed by atoms with Crippen molar-refractivity contribution in [2.75, 3.05) is 0 Å². The Hall–Kier alpha value is -0.250. The first kappa shape index (κ1) is 12.8. The lowest BCUT2D eigenvalue weighted by molar-refractivity contribution is -0.136. The largest absolute Gasteiger partial charge is 0.480 e. The Morgan fingerprint density at radius 2 is 2.13 bits per heavy atom. The van der Waals surface area contributed by atoms with Gasteiger partial charge in [-0.2, -0.15) is 0 Å². The summed E-state index contributed by atoms with van der Waals surface area (Å²) in [6.07, 6.45) is 1.11. The van der Waals surface area contributed by atoms with E-state index in [9.17, 15) is 4.79 Å². The number of rotatable bonds is 4. The first-order chi connectivity index (χ1) is 7.00. The van der Waals surface area contributed by atoms with E-state index < -0.39 is 10.8 Å². The van der Waals surface area contributed by atoms with Crippen molar-refractivity contribution in [3.63, 3.8) is 0 Å². The van der Waals surface area contributed by atoms with Crippen LogP contribution in [-0.2, 0) is 11.2 Å². The van der Waals surface area contributed by atoms with Gasteiger partial charge in [0, 0.05) is 10.0 Å². The molecule has 0 radical (unpaired) electrons. The maximum absolute atomic E-state index is 10.6. The van der Waals surface area contributed by atoms with Crippen LogP contribution in [0.2, 0.25) is 10.0 Å². The minimum absolute atomic E-state index is 0.497. The van der Waals surface area contributed by atoms with Gasteiger partial charge in [0.2, 0.25) is 0 Å². The lowest BCUT2D eigenvalue weighted by Crippen LogP contribution is -2.13. The maximum atomic E-state index is 10.6. The first-order valence-corrected chi connectivity index (χ1v) is 5.98. The molecule has 5 heteroatoms. The van der Waals surface area contributed by atoms with Crippen molar-refractivity contribution in [2.45, 2.75) is 17.7 Å². The Kier molecular flexibility index (Phi) is 4.90. The van der Waals surface area contributed by atoms with Gasteiger partial charge < -0.3 is 5.11 Å². The summed E-state index contributed by atoms with van der Waals surface area (Å²) < 4.78 is 0. The normalized spacial score (nSPS) is 12.5. The van der Waals surface area contributed by atoms with E-state index in [0.717, 1.165) is 5.56 Å². The number of carboxylic acids is 1. The molecular weight excluding hydrogens is 303 g/mol. The van der Waals surface area contributed by atoms with E-state index in [1.807, 2.05) is 6.07 Å². The molecule has 1 atom stereocenters. The van der Waals surface area contributed by atoms with E-state index in [1.54, 1.807) is 12.1 Å². The summed E-state index contributed by atoms with van der Waals surface area (Å²) in [7, 11) is 0. The highest BCUT2D eigenvalue weighted by Crippen LogP contribution is 2.23. The van der Waals surface area contributed by atoms with Crippen molar-refractivity contribution >= 4 is 45.1 Å². The third-order valence-electron chi connectivity index (χ3n) is 1.95. The first-order valence-electron chi connectivity index (χ1n) is 4.31.